The highest BCUT2D eigenvalue weighted by molar-refractivity contribution is 9.10. The third-order valence-electron chi connectivity index (χ3n) is 1.26. The molecule has 66 valence electrons. The third kappa shape index (κ3) is 2.09. The Bertz CT molecular complexity index is 302. The molecule has 0 bridgehead atoms. The predicted octanol–water partition coefficient (Wildman–Crippen LogP) is 4.69. The zero-order valence-corrected chi connectivity index (χ0v) is 8.72. The Morgan fingerprint density at radius 1 is 1.25 bits per heavy atom. The van der Waals surface area contributed by atoms with Crippen LogP contribution in [0, 0.1) is 0 Å². The molecular weight excluding hydrogens is 273 g/mol. The average molecular weight is 276 g/mol. The second kappa shape index (κ2) is 3.90. The van der Waals surface area contributed by atoms with E-state index in [0.29, 0.717) is 0 Å². The lowest BCUT2D eigenvalue weighted by atomic mass is 10.2. The van der Waals surface area contributed by atoms with Crippen LogP contribution in [-0.4, -0.2) is 0 Å². The van der Waals surface area contributed by atoms with Crippen LogP contribution in [0.25, 0.3) is 0 Å². The Labute approximate surface area is 86.6 Å². The van der Waals surface area contributed by atoms with Crippen molar-refractivity contribution in [1.82, 2.24) is 0 Å². The van der Waals surface area contributed by atoms with Gasteiger partial charge in [-0.3, -0.25) is 0 Å². The largest absolute Gasteiger partial charge is 0.265 e. The van der Waals surface area contributed by atoms with Gasteiger partial charge in [0.1, 0.15) is 0 Å². The molecule has 0 fully saturated rings. The van der Waals surface area contributed by atoms with Gasteiger partial charge in [-0.1, -0.05) is 23.2 Å². The van der Waals surface area contributed by atoms with Gasteiger partial charge in [-0.15, -0.1) is 0 Å². The van der Waals surface area contributed by atoms with E-state index in [1.165, 1.54) is 12.1 Å². The SMILES string of the molecule is FC(F)c1cc(Cl)cc(Cl)c1Br. The summed E-state index contributed by atoms with van der Waals surface area (Å²) in [6.45, 7) is 0. The summed E-state index contributed by atoms with van der Waals surface area (Å²) in [4.78, 5) is 0. The van der Waals surface area contributed by atoms with Crippen LogP contribution in [0.4, 0.5) is 8.78 Å². The molecule has 0 amide bonds. The summed E-state index contributed by atoms with van der Waals surface area (Å²) in [5.74, 6) is 0. The van der Waals surface area contributed by atoms with Crippen molar-refractivity contribution in [1.29, 1.82) is 0 Å². The van der Waals surface area contributed by atoms with E-state index in [4.69, 9.17) is 23.2 Å². The van der Waals surface area contributed by atoms with Gasteiger partial charge < -0.3 is 0 Å². The second-order valence-corrected chi connectivity index (χ2v) is 3.73. The van der Waals surface area contributed by atoms with Gasteiger partial charge in [-0.05, 0) is 28.1 Å². The third-order valence-corrected chi connectivity index (χ3v) is 2.89. The molecule has 0 spiro atoms. The van der Waals surface area contributed by atoms with E-state index in [9.17, 15) is 8.78 Å². The average Bonchev–Trinajstić information content (AvgIpc) is 1.96. The maximum absolute atomic E-state index is 12.2. The first-order valence-electron chi connectivity index (χ1n) is 2.95. The van der Waals surface area contributed by atoms with Crippen LogP contribution in [0.3, 0.4) is 0 Å². The fourth-order valence-corrected chi connectivity index (χ4v) is 1.65. The second-order valence-electron chi connectivity index (χ2n) is 2.09. The number of benzene rings is 1. The zero-order valence-electron chi connectivity index (χ0n) is 5.62. The number of hydrogen-bond donors (Lipinski definition) is 0. The number of rotatable bonds is 1. The minimum Gasteiger partial charge on any atom is -0.205 e. The molecular formula is C7H3BrCl2F2. The predicted molar refractivity (Wildman–Crippen MR) is 49.1 cm³/mol. The Kier molecular flexibility index (Phi) is 3.32. The van der Waals surface area contributed by atoms with Crippen molar-refractivity contribution in [2.75, 3.05) is 0 Å². The molecule has 0 aliphatic carbocycles. The molecule has 0 heterocycles. The van der Waals surface area contributed by atoms with Crippen molar-refractivity contribution in [2.24, 2.45) is 0 Å². The van der Waals surface area contributed by atoms with E-state index in [0.717, 1.165) is 0 Å². The first-order chi connectivity index (χ1) is 5.52. The molecule has 0 saturated carbocycles. The molecule has 1 aromatic rings. The monoisotopic (exact) mass is 274 g/mol. The quantitative estimate of drug-likeness (QED) is 0.652. The van der Waals surface area contributed by atoms with Gasteiger partial charge in [-0.2, -0.15) is 0 Å². The van der Waals surface area contributed by atoms with Crippen molar-refractivity contribution >= 4 is 39.1 Å². The Balaban J connectivity index is 3.28. The molecule has 0 atom stereocenters. The highest BCUT2D eigenvalue weighted by Crippen LogP contribution is 2.35. The lowest BCUT2D eigenvalue weighted by Gasteiger charge is -2.05. The minimum atomic E-state index is -2.57. The smallest absolute Gasteiger partial charge is 0.205 e. The molecule has 5 heteroatoms. The molecule has 0 aliphatic rings. The zero-order chi connectivity index (χ0) is 9.30. The van der Waals surface area contributed by atoms with E-state index >= 15 is 0 Å². The Morgan fingerprint density at radius 2 is 1.83 bits per heavy atom. The molecule has 0 saturated heterocycles. The summed E-state index contributed by atoms with van der Waals surface area (Å²) in [5.41, 5.74) is -0.187. The van der Waals surface area contributed by atoms with Crippen molar-refractivity contribution in [2.45, 2.75) is 6.43 Å². The van der Waals surface area contributed by atoms with Crippen molar-refractivity contribution in [3.05, 3.63) is 32.2 Å². The van der Waals surface area contributed by atoms with Crippen LogP contribution >= 0.6 is 39.1 Å². The molecule has 0 aromatic heterocycles. The van der Waals surface area contributed by atoms with Gasteiger partial charge in [-0.25, -0.2) is 8.78 Å². The highest BCUT2D eigenvalue weighted by Gasteiger charge is 2.14. The van der Waals surface area contributed by atoms with E-state index in [1.54, 1.807) is 0 Å². The molecule has 0 aliphatic heterocycles. The summed E-state index contributed by atoms with van der Waals surface area (Å²) < 4.78 is 24.7. The fourth-order valence-electron chi connectivity index (χ4n) is 0.735. The van der Waals surface area contributed by atoms with Crippen LogP contribution in [0.1, 0.15) is 12.0 Å². The highest BCUT2D eigenvalue weighted by atomic mass is 79.9. The normalized spacial score (nSPS) is 10.8. The number of alkyl halides is 2. The van der Waals surface area contributed by atoms with E-state index in [-0.39, 0.29) is 20.1 Å². The maximum atomic E-state index is 12.2. The van der Waals surface area contributed by atoms with E-state index in [2.05, 4.69) is 15.9 Å². The molecule has 12 heavy (non-hydrogen) atoms. The summed E-state index contributed by atoms with van der Waals surface area (Å²) in [7, 11) is 0. The van der Waals surface area contributed by atoms with Crippen molar-refractivity contribution in [3.63, 3.8) is 0 Å². The lowest BCUT2D eigenvalue weighted by molar-refractivity contribution is 0.150. The van der Waals surface area contributed by atoms with Crippen LogP contribution in [-0.2, 0) is 0 Å². The van der Waals surface area contributed by atoms with Crippen LogP contribution in [0.15, 0.2) is 16.6 Å². The Hall–Kier alpha value is 0.140. The molecule has 0 nitrogen and oxygen atoms in total. The minimum absolute atomic E-state index is 0.187. The lowest BCUT2D eigenvalue weighted by Crippen LogP contribution is -1.86. The van der Waals surface area contributed by atoms with Crippen LogP contribution in [0.2, 0.25) is 10.0 Å². The standard InChI is InChI=1S/C7H3BrCl2F2/c8-6-4(7(11)12)1-3(9)2-5(6)10/h1-2,7H. The number of halogens is 5. The topological polar surface area (TPSA) is 0 Å². The summed E-state index contributed by atoms with van der Waals surface area (Å²) in [6.07, 6.45) is -2.57. The first-order valence-corrected chi connectivity index (χ1v) is 4.50. The van der Waals surface area contributed by atoms with Gasteiger partial charge in [0.2, 0.25) is 0 Å². The maximum Gasteiger partial charge on any atom is 0.265 e. The Morgan fingerprint density at radius 3 is 2.33 bits per heavy atom. The van der Waals surface area contributed by atoms with E-state index in [1.807, 2.05) is 0 Å². The fraction of sp³-hybridized carbons (Fsp3) is 0.143. The molecule has 1 aromatic carbocycles. The first kappa shape index (κ1) is 10.2. The summed E-state index contributed by atoms with van der Waals surface area (Å²) in [5, 5.41) is 0.399. The molecule has 0 N–H and O–H groups in total. The van der Waals surface area contributed by atoms with E-state index < -0.39 is 6.43 Å². The molecule has 1 rings (SSSR count). The van der Waals surface area contributed by atoms with Gasteiger partial charge in [0.25, 0.3) is 6.43 Å². The summed E-state index contributed by atoms with van der Waals surface area (Å²) >= 11 is 14.1. The van der Waals surface area contributed by atoms with Crippen LogP contribution in [0.5, 0.6) is 0 Å². The van der Waals surface area contributed by atoms with Crippen molar-refractivity contribution in [3.8, 4) is 0 Å². The van der Waals surface area contributed by atoms with Crippen molar-refractivity contribution < 1.29 is 8.78 Å². The van der Waals surface area contributed by atoms with Crippen LogP contribution < -0.4 is 0 Å². The van der Waals surface area contributed by atoms with Gasteiger partial charge >= 0.3 is 0 Å². The van der Waals surface area contributed by atoms with Gasteiger partial charge in [0.05, 0.1) is 5.02 Å². The van der Waals surface area contributed by atoms with Gasteiger partial charge in [0, 0.05) is 15.1 Å². The molecule has 0 unspecified atom stereocenters. The molecule has 0 radical (unpaired) electrons. The number of hydrogen-bond acceptors (Lipinski definition) is 0. The summed E-state index contributed by atoms with van der Waals surface area (Å²) in [6, 6.07) is 2.58. The van der Waals surface area contributed by atoms with Gasteiger partial charge in [0.15, 0.2) is 0 Å².